The van der Waals surface area contributed by atoms with Crippen molar-refractivity contribution in [2.75, 3.05) is 18.5 Å². The largest absolute Gasteiger partial charge is 0.486 e. The van der Waals surface area contributed by atoms with E-state index in [9.17, 15) is 9.59 Å². The lowest BCUT2D eigenvalue weighted by atomic mass is 9.95. The summed E-state index contributed by atoms with van der Waals surface area (Å²) >= 11 is 0. The van der Waals surface area contributed by atoms with Gasteiger partial charge in [0.25, 0.3) is 0 Å². The van der Waals surface area contributed by atoms with Crippen LogP contribution in [-0.2, 0) is 9.59 Å². The number of amides is 2. The minimum atomic E-state index is -0.625. The molecule has 1 unspecified atom stereocenters. The molecule has 120 valence electrons. The second-order valence-corrected chi connectivity index (χ2v) is 6.29. The zero-order valence-corrected chi connectivity index (χ0v) is 13.4. The molecule has 1 aromatic carbocycles. The Morgan fingerprint density at radius 3 is 2.41 bits per heavy atom. The molecule has 6 nitrogen and oxygen atoms in total. The first-order chi connectivity index (χ1) is 10.3. The Morgan fingerprint density at radius 1 is 1.14 bits per heavy atom. The molecule has 0 spiro atoms. The van der Waals surface area contributed by atoms with Crippen LogP contribution in [0.5, 0.6) is 11.5 Å². The molecule has 1 heterocycles. The minimum absolute atomic E-state index is 0.169. The van der Waals surface area contributed by atoms with Crippen LogP contribution < -0.4 is 20.1 Å². The molecular formula is C16H22N2O4. The number of benzene rings is 1. The van der Waals surface area contributed by atoms with E-state index in [1.807, 2.05) is 0 Å². The third-order valence-corrected chi connectivity index (χ3v) is 3.23. The van der Waals surface area contributed by atoms with E-state index in [2.05, 4.69) is 10.6 Å². The van der Waals surface area contributed by atoms with Crippen LogP contribution in [0.1, 0.15) is 27.7 Å². The summed E-state index contributed by atoms with van der Waals surface area (Å²) in [5.74, 6) is 0.820. The summed E-state index contributed by atoms with van der Waals surface area (Å²) in [5.41, 5.74) is 0.0667. The van der Waals surface area contributed by atoms with Crippen molar-refractivity contribution in [1.82, 2.24) is 5.32 Å². The molecule has 1 aliphatic rings. The molecule has 2 amide bonds. The normalized spacial score (nSPS) is 14.9. The quantitative estimate of drug-likeness (QED) is 0.895. The van der Waals surface area contributed by atoms with Crippen LogP contribution in [0.4, 0.5) is 5.69 Å². The molecular weight excluding hydrogens is 284 g/mol. The molecule has 1 aromatic rings. The number of carbonyl (C=O) groups is 2. The highest BCUT2D eigenvalue weighted by atomic mass is 16.6. The van der Waals surface area contributed by atoms with Gasteiger partial charge in [0, 0.05) is 17.2 Å². The molecule has 2 N–H and O–H groups in total. The van der Waals surface area contributed by atoms with Crippen molar-refractivity contribution in [3.8, 4) is 11.5 Å². The number of hydrogen-bond acceptors (Lipinski definition) is 4. The summed E-state index contributed by atoms with van der Waals surface area (Å²) in [6.07, 6.45) is 0. The van der Waals surface area contributed by atoms with Crippen LogP contribution >= 0.6 is 0 Å². The minimum Gasteiger partial charge on any atom is -0.486 e. The van der Waals surface area contributed by atoms with Gasteiger partial charge in [-0.2, -0.15) is 0 Å². The van der Waals surface area contributed by atoms with Crippen molar-refractivity contribution in [2.45, 2.75) is 33.7 Å². The predicted octanol–water partition coefficient (Wildman–Crippen LogP) is 1.95. The third-order valence-electron chi connectivity index (χ3n) is 3.23. The van der Waals surface area contributed by atoms with Gasteiger partial charge in [-0.15, -0.1) is 0 Å². The van der Waals surface area contributed by atoms with E-state index in [0.717, 1.165) is 0 Å². The average molecular weight is 306 g/mol. The van der Waals surface area contributed by atoms with Gasteiger partial charge in [0.2, 0.25) is 11.8 Å². The van der Waals surface area contributed by atoms with Gasteiger partial charge in [0.15, 0.2) is 11.5 Å². The van der Waals surface area contributed by atoms with Crippen LogP contribution in [0, 0.1) is 5.41 Å². The summed E-state index contributed by atoms with van der Waals surface area (Å²) in [5, 5.41) is 5.45. The fraction of sp³-hybridized carbons (Fsp3) is 0.500. The standard InChI is InChI=1S/C16H22N2O4/c1-10(17-15(20)16(2,3)4)14(19)18-11-5-6-12-13(9-11)22-8-7-21-12/h5-6,9-10H,7-8H2,1-4H3,(H,17,20)(H,18,19). The van der Waals surface area contributed by atoms with Crippen LogP contribution in [0.2, 0.25) is 0 Å². The molecule has 0 radical (unpaired) electrons. The van der Waals surface area contributed by atoms with Crippen LogP contribution in [-0.4, -0.2) is 31.1 Å². The van der Waals surface area contributed by atoms with Crippen molar-refractivity contribution < 1.29 is 19.1 Å². The molecule has 0 bridgehead atoms. The summed E-state index contributed by atoms with van der Waals surface area (Å²) in [6.45, 7) is 8.06. The number of ether oxygens (including phenoxy) is 2. The molecule has 22 heavy (non-hydrogen) atoms. The Hall–Kier alpha value is -2.24. The Kier molecular flexibility index (Phi) is 4.59. The number of rotatable bonds is 3. The molecule has 0 saturated carbocycles. The van der Waals surface area contributed by atoms with Gasteiger partial charge in [0.1, 0.15) is 19.3 Å². The highest BCUT2D eigenvalue weighted by molar-refractivity contribution is 5.97. The second kappa shape index (κ2) is 6.25. The zero-order valence-electron chi connectivity index (χ0n) is 13.4. The number of nitrogens with one attached hydrogen (secondary N) is 2. The van der Waals surface area contributed by atoms with E-state index >= 15 is 0 Å². The Labute approximate surface area is 130 Å². The highest BCUT2D eigenvalue weighted by Crippen LogP contribution is 2.32. The lowest BCUT2D eigenvalue weighted by Gasteiger charge is -2.22. The van der Waals surface area contributed by atoms with E-state index in [-0.39, 0.29) is 11.8 Å². The maximum atomic E-state index is 12.1. The molecule has 0 aliphatic carbocycles. The Morgan fingerprint density at radius 2 is 1.77 bits per heavy atom. The van der Waals surface area contributed by atoms with Crippen molar-refractivity contribution in [3.63, 3.8) is 0 Å². The summed E-state index contributed by atoms with van der Waals surface area (Å²) in [6, 6.07) is 4.58. The van der Waals surface area contributed by atoms with Gasteiger partial charge in [-0.05, 0) is 19.1 Å². The topological polar surface area (TPSA) is 76.7 Å². The van der Waals surface area contributed by atoms with Gasteiger partial charge in [0.05, 0.1) is 0 Å². The maximum absolute atomic E-state index is 12.1. The second-order valence-electron chi connectivity index (χ2n) is 6.29. The molecule has 1 aliphatic heterocycles. The van der Waals surface area contributed by atoms with Crippen molar-refractivity contribution in [3.05, 3.63) is 18.2 Å². The molecule has 6 heteroatoms. The summed E-state index contributed by atoms with van der Waals surface area (Å²) in [7, 11) is 0. The number of hydrogen-bond donors (Lipinski definition) is 2. The van der Waals surface area contributed by atoms with Gasteiger partial charge < -0.3 is 20.1 Å². The zero-order chi connectivity index (χ0) is 16.3. The molecule has 0 saturated heterocycles. The van der Waals surface area contributed by atoms with Gasteiger partial charge in [-0.25, -0.2) is 0 Å². The lowest BCUT2D eigenvalue weighted by Crippen LogP contribution is -2.46. The lowest BCUT2D eigenvalue weighted by molar-refractivity contribution is -0.131. The molecule has 2 rings (SSSR count). The van der Waals surface area contributed by atoms with Crippen molar-refractivity contribution in [2.24, 2.45) is 5.41 Å². The van der Waals surface area contributed by atoms with Crippen molar-refractivity contribution in [1.29, 1.82) is 0 Å². The van der Waals surface area contributed by atoms with Crippen LogP contribution in [0.25, 0.3) is 0 Å². The first-order valence-corrected chi connectivity index (χ1v) is 7.29. The fourth-order valence-corrected chi connectivity index (χ4v) is 1.85. The smallest absolute Gasteiger partial charge is 0.246 e. The molecule has 0 aromatic heterocycles. The number of anilines is 1. The van der Waals surface area contributed by atoms with Gasteiger partial charge in [-0.1, -0.05) is 20.8 Å². The van der Waals surface area contributed by atoms with E-state index in [4.69, 9.17) is 9.47 Å². The number of fused-ring (bicyclic) bond motifs is 1. The Balaban J connectivity index is 1.98. The van der Waals surface area contributed by atoms with Crippen LogP contribution in [0.15, 0.2) is 18.2 Å². The first kappa shape index (κ1) is 16.1. The van der Waals surface area contributed by atoms with E-state index in [1.165, 1.54) is 0 Å². The SMILES string of the molecule is CC(NC(=O)C(C)(C)C)C(=O)Nc1ccc2c(c1)OCCO2. The van der Waals surface area contributed by atoms with Gasteiger partial charge >= 0.3 is 0 Å². The van der Waals surface area contributed by atoms with E-state index in [1.54, 1.807) is 45.9 Å². The van der Waals surface area contributed by atoms with Crippen LogP contribution in [0.3, 0.4) is 0 Å². The number of carbonyl (C=O) groups excluding carboxylic acids is 2. The van der Waals surface area contributed by atoms with E-state index in [0.29, 0.717) is 30.4 Å². The highest BCUT2D eigenvalue weighted by Gasteiger charge is 2.25. The first-order valence-electron chi connectivity index (χ1n) is 7.29. The third kappa shape index (κ3) is 3.90. The van der Waals surface area contributed by atoms with Crippen molar-refractivity contribution >= 4 is 17.5 Å². The summed E-state index contributed by atoms with van der Waals surface area (Å²) in [4.78, 5) is 24.0. The Bertz CT molecular complexity index is 578. The molecule has 0 fully saturated rings. The van der Waals surface area contributed by atoms with Gasteiger partial charge in [-0.3, -0.25) is 9.59 Å². The molecule has 1 atom stereocenters. The summed E-state index contributed by atoms with van der Waals surface area (Å²) < 4.78 is 10.9. The monoisotopic (exact) mass is 306 g/mol. The maximum Gasteiger partial charge on any atom is 0.246 e. The fourth-order valence-electron chi connectivity index (χ4n) is 1.85. The predicted molar refractivity (Wildman–Crippen MR) is 83.1 cm³/mol. The van der Waals surface area contributed by atoms with E-state index < -0.39 is 11.5 Å². The average Bonchev–Trinajstić information content (AvgIpc) is 2.46.